The molecule has 5 heteroatoms. The van der Waals surface area contributed by atoms with Crippen LogP contribution in [0.25, 0.3) is 0 Å². The lowest BCUT2D eigenvalue weighted by molar-refractivity contribution is -0.105. The molecule has 1 aliphatic carbocycles. The van der Waals surface area contributed by atoms with Gasteiger partial charge in [0.25, 0.3) is 0 Å². The molecule has 1 saturated carbocycles. The van der Waals surface area contributed by atoms with Crippen molar-refractivity contribution in [3.63, 3.8) is 0 Å². The Balaban J connectivity index is 2.05. The molecular formula is C19H22FN3O. The van der Waals surface area contributed by atoms with E-state index in [1.165, 1.54) is 18.9 Å². The topological polar surface area (TPSA) is 54.0 Å². The molecule has 2 aromatic rings. The molecule has 0 radical (unpaired) electrons. The molecule has 1 fully saturated rings. The summed E-state index contributed by atoms with van der Waals surface area (Å²) in [5.74, 6) is 0.348. The Labute approximate surface area is 141 Å². The van der Waals surface area contributed by atoms with Crippen molar-refractivity contribution in [1.82, 2.24) is 10.3 Å². The fraction of sp³-hybridized carbons (Fsp3) is 0.368. The second-order valence-electron chi connectivity index (χ2n) is 6.33. The lowest BCUT2D eigenvalue weighted by Gasteiger charge is -2.35. The zero-order valence-electron chi connectivity index (χ0n) is 13.8. The molecule has 0 spiro atoms. The quantitative estimate of drug-likeness (QED) is 0.730. The number of benzene rings is 1. The van der Waals surface area contributed by atoms with E-state index in [0.717, 1.165) is 29.9 Å². The van der Waals surface area contributed by atoms with Crippen LogP contribution in [0.2, 0.25) is 0 Å². The first-order valence-corrected chi connectivity index (χ1v) is 8.29. The third kappa shape index (κ3) is 3.31. The molecule has 0 bridgehead atoms. The van der Waals surface area contributed by atoms with Crippen LogP contribution in [0.4, 0.5) is 10.1 Å². The Morgan fingerprint density at radius 2 is 2.00 bits per heavy atom. The SMILES string of the molecule is CNC(CCC1CC1)(c1ccncc1)c1ccc(F)c(NC=O)c1. The number of rotatable bonds is 8. The van der Waals surface area contributed by atoms with Gasteiger partial charge in [-0.15, -0.1) is 0 Å². The number of carbonyl (C=O) groups excluding carboxylic acids is 1. The van der Waals surface area contributed by atoms with E-state index in [9.17, 15) is 9.18 Å². The minimum absolute atomic E-state index is 0.197. The minimum atomic E-state index is -0.437. The van der Waals surface area contributed by atoms with Gasteiger partial charge in [0.15, 0.2) is 0 Å². The van der Waals surface area contributed by atoms with Crippen molar-refractivity contribution in [2.24, 2.45) is 5.92 Å². The number of halogens is 1. The van der Waals surface area contributed by atoms with E-state index in [1.54, 1.807) is 24.5 Å². The Hall–Kier alpha value is -2.27. The molecule has 1 aromatic carbocycles. The van der Waals surface area contributed by atoms with Gasteiger partial charge in [-0.3, -0.25) is 9.78 Å². The van der Waals surface area contributed by atoms with E-state index in [1.807, 2.05) is 19.2 Å². The predicted octanol–water partition coefficient (Wildman–Crippen LogP) is 3.44. The molecule has 1 aliphatic rings. The van der Waals surface area contributed by atoms with Crippen LogP contribution in [0.5, 0.6) is 0 Å². The molecule has 3 rings (SSSR count). The van der Waals surface area contributed by atoms with Crippen molar-refractivity contribution in [3.05, 3.63) is 59.7 Å². The van der Waals surface area contributed by atoms with E-state index in [-0.39, 0.29) is 5.69 Å². The van der Waals surface area contributed by atoms with Gasteiger partial charge in [0.2, 0.25) is 6.41 Å². The number of nitrogens with zero attached hydrogens (tertiary/aromatic N) is 1. The van der Waals surface area contributed by atoms with E-state index in [4.69, 9.17) is 0 Å². The van der Waals surface area contributed by atoms with Crippen LogP contribution in [0.3, 0.4) is 0 Å². The van der Waals surface area contributed by atoms with Crippen molar-refractivity contribution >= 4 is 12.1 Å². The highest BCUT2D eigenvalue weighted by Crippen LogP contribution is 2.41. The Morgan fingerprint density at radius 3 is 2.62 bits per heavy atom. The van der Waals surface area contributed by atoms with Crippen LogP contribution in [-0.2, 0) is 10.3 Å². The molecule has 0 aliphatic heterocycles. The van der Waals surface area contributed by atoms with Gasteiger partial charge in [-0.05, 0) is 61.2 Å². The number of amides is 1. The van der Waals surface area contributed by atoms with Crippen LogP contribution in [0.1, 0.15) is 36.8 Å². The largest absolute Gasteiger partial charge is 0.326 e. The number of hydrogen-bond donors (Lipinski definition) is 2. The van der Waals surface area contributed by atoms with Crippen molar-refractivity contribution in [2.45, 2.75) is 31.2 Å². The molecule has 1 unspecified atom stereocenters. The second kappa shape index (κ2) is 7.09. The summed E-state index contributed by atoms with van der Waals surface area (Å²) in [6, 6.07) is 8.88. The van der Waals surface area contributed by atoms with Crippen LogP contribution in [0, 0.1) is 11.7 Å². The van der Waals surface area contributed by atoms with Gasteiger partial charge in [-0.1, -0.05) is 18.9 Å². The van der Waals surface area contributed by atoms with Gasteiger partial charge >= 0.3 is 0 Å². The molecule has 1 amide bonds. The monoisotopic (exact) mass is 327 g/mol. The molecule has 0 saturated heterocycles. The molecule has 1 atom stereocenters. The maximum atomic E-state index is 13.9. The third-order valence-electron chi connectivity index (χ3n) is 4.90. The average Bonchev–Trinajstić information content (AvgIpc) is 3.44. The lowest BCUT2D eigenvalue weighted by Crippen LogP contribution is -2.41. The third-order valence-corrected chi connectivity index (χ3v) is 4.90. The average molecular weight is 327 g/mol. The van der Waals surface area contributed by atoms with Gasteiger partial charge in [-0.2, -0.15) is 0 Å². The summed E-state index contributed by atoms with van der Waals surface area (Å²) in [5.41, 5.74) is 1.79. The van der Waals surface area contributed by atoms with E-state index < -0.39 is 11.4 Å². The summed E-state index contributed by atoms with van der Waals surface area (Å²) in [4.78, 5) is 14.9. The smallest absolute Gasteiger partial charge is 0.211 e. The highest BCUT2D eigenvalue weighted by Gasteiger charge is 2.35. The molecule has 4 nitrogen and oxygen atoms in total. The van der Waals surface area contributed by atoms with Crippen LogP contribution < -0.4 is 10.6 Å². The van der Waals surface area contributed by atoms with Gasteiger partial charge in [0, 0.05) is 12.4 Å². The molecule has 1 aromatic heterocycles. The summed E-state index contributed by atoms with van der Waals surface area (Å²) in [7, 11) is 1.92. The number of anilines is 1. The first-order valence-electron chi connectivity index (χ1n) is 8.29. The van der Waals surface area contributed by atoms with Gasteiger partial charge in [0.1, 0.15) is 5.82 Å². The number of hydrogen-bond acceptors (Lipinski definition) is 3. The number of carbonyl (C=O) groups is 1. The highest BCUT2D eigenvalue weighted by molar-refractivity contribution is 5.72. The molecular weight excluding hydrogens is 305 g/mol. The molecule has 2 N–H and O–H groups in total. The van der Waals surface area contributed by atoms with Gasteiger partial charge in [-0.25, -0.2) is 4.39 Å². The summed E-state index contributed by atoms with van der Waals surface area (Å²) in [6.45, 7) is 0. The van der Waals surface area contributed by atoms with Crippen LogP contribution in [-0.4, -0.2) is 18.4 Å². The molecule has 126 valence electrons. The lowest BCUT2D eigenvalue weighted by atomic mass is 9.79. The van der Waals surface area contributed by atoms with Crippen molar-refractivity contribution in [2.75, 3.05) is 12.4 Å². The number of pyridine rings is 1. The summed E-state index contributed by atoms with van der Waals surface area (Å²) in [6.07, 6.45) is 8.63. The van der Waals surface area contributed by atoms with Gasteiger partial charge < -0.3 is 10.6 Å². The second-order valence-corrected chi connectivity index (χ2v) is 6.33. The van der Waals surface area contributed by atoms with E-state index in [2.05, 4.69) is 15.6 Å². The summed E-state index contributed by atoms with van der Waals surface area (Å²) >= 11 is 0. The minimum Gasteiger partial charge on any atom is -0.326 e. The first-order chi connectivity index (χ1) is 11.7. The standard InChI is InChI=1S/C19H22FN3O/c1-21-19(9-6-14-2-3-14,15-7-10-22-11-8-15)16-4-5-17(20)18(12-16)23-13-24/h4-5,7-8,10-14,21H,2-3,6,9H2,1H3,(H,23,24). The van der Waals surface area contributed by atoms with Crippen molar-refractivity contribution in [3.8, 4) is 0 Å². The molecule has 24 heavy (non-hydrogen) atoms. The normalized spacial score (nSPS) is 16.4. The maximum Gasteiger partial charge on any atom is 0.211 e. The van der Waals surface area contributed by atoms with Crippen LogP contribution >= 0.6 is 0 Å². The first kappa shape index (κ1) is 16.6. The Kier molecular flexibility index (Phi) is 4.90. The maximum absolute atomic E-state index is 13.9. The fourth-order valence-electron chi connectivity index (χ4n) is 3.30. The van der Waals surface area contributed by atoms with E-state index >= 15 is 0 Å². The predicted molar refractivity (Wildman–Crippen MR) is 92.1 cm³/mol. The zero-order chi connectivity index (χ0) is 17.0. The number of aromatic nitrogens is 1. The Morgan fingerprint density at radius 1 is 1.25 bits per heavy atom. The van der Waals surface area contributed by atoms with E-state index in [0.29, 0.717) is 6.41 Å². The van der Waals surface area contributed by atoms with Gasteiger partial charge in [0.05, 0.1) is 11.2 Å². The highest BCUT2D eigenvalue weighted by atomic mass is 19.1. The van der Waals surface area contributed by atoms with Crippen molar-refractivity contribution < 1.29 is 9.18 Å². The van der Waals surface area contributed by atoms with Crippen LogP contribution in [0.15, 0.2) is 42.7 Å². The van der Waals surface area contributed by atoms with Crippen molar-refractivity contribution in [1.29, 1.82) is 0 Å². The fourth-order valence-corrected chi connectivity index (χ4v) is 3.30. The molecule has 1 heterocycles. The Bertz CT molecular complexity index is 703. The zero-order valence-corrected chi connectivity index (χ0v) is 13.8. The summed E-state index contributed by atoms with van der Waals surface area (Å²) < 4.78 is 13.9. The number of nitrogens with one attached hydrogen (secondary N) is 2. The summed E-state index contributed by atoms with van der Waals surface area (Å²) in [5, 5.41) is 5.90.